The van der Waals surface area contributed by atoms with Crippen molar-refractivity contribution in [2.75, 3.05) is 24.2 Å². The molecule has 1 aliphatic rings. The highest BCUT2D eigenvalue weighted by Crippen LogP contribution is 2.11. The molecule has 0 atom stereocenters. The van der Waals surface area contributed by atoms with E-state index in [1.165, 1.54) is 19.3 Å². The van der Waals surface area contributed by atoms with Crippen molar-refractivity contribution in [3.05, 3.63) is 18.2 Å². The second-order valence-corrected chi connectivity index (χ2v) is 3.61. The van der Waals surface area contributed by atoms with Gasteiger partial charge in [0, 0.05) is 13.1 Å². The second-order valence-electron chi connectivity index (χ2n) is 3.61. The molecule has 0 bridgehead atoms. The Labute approximate surface area is 84.1 Å². The maximum atomic E-state index is 5.59. The first kappa shape index (κ1) is 9.27. The van der Waals surface area contributed by atoms with Gasteiger partial charge in [0.2, 0.25) is 0 Å². The van der Waals surface area contributed by atoms with E-state index in [1.54, 1.807) is 6.07 Å². The topological polar surface area (TPSA) is 54.2 Å². The summed E-state index contributed by atoms with van der Waals surface area (Å²) in [6.07, 6.45) is 3.85. The average molecular weight is 192 g/mol. The molecular formula is C10H16N4. The van der Waals surface area contributed by atoms with Crippen molar-refractivity contribution >= 4 is 11.6 Å². The van der Waals surface area contributed by atoms with Crippen molar-refractivity contribution in [2.45, 2.75) is 19.3 Å². The second kappa shape index (κ2) is 4.28. The highest BCUT2D eigenvalue weighted by molar-refractivity contribution is 5.41. The molecule has 76 valence electrons. The van der Waals surface area contributed by atoms with Gasteiger partial charge in [0.1, 0.15) is 11.6 Å². The molecule has 0 amide bonds. The summed E-state index contributed by atoms with van der Waals surface area (Å²) in [7, 11) is 0. The van der Waals surface area contributed by atoms with Gasteiger partial charge < -0.3 is 11.2 Å². The van der Waals surface area contributed by atoms with Crippen LogP contribution in [0.4, 0.5) is 11.6 Å². The molecule has 1 saturated heterocycles. The van der Waals surface area contributed by atoms with Crippen LogP contribution in [0.25, 0.3) is 0 Å². The third-order valence-corrected chi connectivity index (χ3v) is 2.40. The van der Waals surface area contributed by atoms with E-state index in [9.17, 15) is 0 Å². The van der Waals surface area contributed by atoms with E-state index in [0.717, 1.165) is 18.9 Å². The van der Waals surface area contributed by atoms with Crippen molar-refractivity contribution in [3.63, 3.8) is 0 Å². The monoisotopic (exact) mass is 192 g/mol. The lowest BCUT2D eigenvalue weighted by Crippen LogP contribution is -2.35. The molecule has 14 heavy (non-hydrogen) atoms. The maximum absolute atomic E-state index is 5.59. The molecule has 3 N–H and O–H groups in total. The van der Waals surface area contributed by atoms with Crippen LogP contribution in [0.5, 0.6) is 0 Å². The van der Waals surface area contributed by atoms with Gasteiger partial charge in [-0.25, -0.2) is 9.99 Å². The first-order valence-electron chi connectivity index (χ1n) is 5.09. The molecule has 0 aliphatic carbocycles. The van der Waals surface area contributed by atoms with Gasteiger partial charge in [-0.15, -0.1) is 0 Å². The van der Waals surface area contributed by atoms with E-state index in [1.807, 2.05) is 12.1 Å². The summed E-state index contributed by atoms with van der Waals surface area (Å²) in [5, 5.41) is 2.20. The zero-order valence-corrected chi connectivity index (χ0v) is 8.24. The third kappa shape index (κ3) is 2.35. The number of nitrogens with two attached hydrogens (primary N) is 1. The van der Waals surface area contributed by atoms with Crippen LogP contribution in [0.3, 0.4) is 0 Å². The average Bonchev–Trinajstić information content (AvgIpc) is 2.19. The molecule has 1 fully saturated rings. The summed E-state index contributed by atoms with van der Waals surface area (Å²) in [4.78, 5) is 4.19. The molecule has 2 heterocycles. The standard InChI is InChI=1S/C10H16N4/c11-9-5-4-6-10(12-9)13-14-7-2-1-3-8-14/h4-6H,1-3,7-8H2,(H3,11,12,13). The molecule has 4 heteroatoms. The largest absolute Gasteiger partial charge is 0.384 e. The first-order valence-corrected chi connectivity index (χ1v) is 5.09. The number of pyridine rings is 1. The molecular weight excluding hydrogens is 176 g/mol. The van der Waals surface area contributed by atoms with Gasteiger partial charge in [0.25, 0.3) is 0 Å². The highest BCUT2D eigenvalue weighted by Gasteiger charge is 2.09. The summed E-state index contributed by atoms with van der Waals surface area (Å²) in [5.74, 6) is 1.40. The van der Waals surface area contributed by atoms with E-state index >= 15 is 0 Å². The molecule has 1 aromatic heterocycles. The van der Waals surface area contributed by atoms with Gasteiger partial charge in [-0.1, -0.05) is 12.5 Å². The summed E-state index contributed by atoms with van der Waals surface area (Å²) >= 11 is 0. The Kier molecular flexibility index (Phi) is 2.84. The number of nitrogen functional groups attached to an aromatic ring is 1. The summed E-state index contributed by atoms with van der Waals surface area (Å²) in [6.45, 7) is 2.19. The minimum atomic E-state index is 0.562. The number of hydrogen-bond donors (Lipinski definition) is 2. The zero-order chi connectivity index (χ0) is 9.80. The van der Waals surface area contributed by atoms with Crippen LogP contribution in [-0.2, 0) is 0 Å². The number of rotatable bonds is 2. The van der Waals surface area contributed by atoms with Crippen molar-refractivity contribution in [1.29, 1.82) is 0 Å². The third-order valence-electron chi connectivity index (χ3n) is 2.40. The van der Waals surface area contributed by atoms with Crippen LogP contribution in [0.2, 0.25) is 0 Å². The fourth-order valence-electron chi connectivity index (χ4n) is 1.68. The zero-order valence-electron chi connectivity index (χ0n) is 8.24. The Morgan fingerprint density at radius 2 is 2.00 bits per heavy atom. The Hall–Kier alpha value is -1.29. The molecule has 4 nitrogen and oxygen atoms in total. The fourth-order valence-corrected chi connectivity index (χ4v) is 1.68. The summed E-state index contributed by atoms with van der Waals surface area (Å²) in [5.41, 5.74) is 8.86. The fraction of sp³-hybridized carbons (Fsp3) is 0.500. The van der Waals surface area contributed by atoms with Crippen LogP contribution < -0.4 is 11.2 Å². The van der Waals surface area contributed by atoms with Gasteiger partial charge in [-0.05, 0) is 25.0 Å². The lowest BCUT2D eigenvalue weighted by Gasteiger charge is -2.27. The smallest absolute Gasteiger partial charge is 0.142 e. The molecule has 2 rings (SSSR count). The van der Waals surface area contributed by atoms with Gasteiger partial charge in [0.05, 0.1) is 0 Å². The Morgan fingerprint density at radius 3 is 2.71 bits per heavy atom. The minimum absolute atomic E-state index is 0.562. The first-order chi connectivity index (χ1) is 6.84. The molecule has 0 unspecified atom stereocenters. The van der Waals surface area contributed by atoms with E-state index in [4.69, 9.17) is 5.73 Å². The molecule has 1 aromatic rings. The molecule has 0 radical (unpaired) electrons. The summed E-state index contributed by atoms with van der Waals surface area (Å²) in [6, 6.07) is 5.64. The number of piperidine rings is 1. The minimum Gasteiger partial charge on any atom is -0.384 e. The molecule has 0 saturated carbocycles. The van der Waals surface area contributed by atoms with Gasteiger partial charge in [0.15, 0.2) is 0 Å². The molecule has 0 aromatic carbocycles. The molecule has 1 aliphatic heterocycles. The number of anilines is 2. The highest BCUT2D eigenvalue weighted by atomic mass is 15.5. The Morgan fingerprint density at radius 1 is 1.21 bits per heavy atom. The van der Waals surface area contributed by atoms with Crippen molar-refractivity contribution in [2.24, 2.45) is 0 Å². The number of nitrogens with one attached hydrogen (secondary N) is 1. The van der Waals surface area contributed by atoms with Crippen LogP contribution in [-0.4, -0.2) is 23.1 Å². The lowest BCUT2D eigenvalue weighted by atomic mass is 10.2. The lowest BCUT2D eigenvalue weighted by molar-refractivity contribution is 0.272. The van der Waals surface area contributed by atoms with E-state index in [0.29, 0.717) is 5.82 Å². The van der Waals surface area contributed by atoms with Crippen molar-refractivity contribution < 1.29 is 0 Å². The van der Waals surface area contributed by atoms with Crippen LogP contribution >= 0.6 is 0 Å². The molecule has 0 spiro atoms. The van der Waals surface area contributed by atoms with E-state index < -0.39 is 0 Å². The predicted octanol–water partition coefficient (Wildman–Crippen LogP) is 1.48. The predicted molar refractivity (Wildman–Crippen MR) is 57.7 cm³/mol. The normalized spacial score (nSPS) is 18.0. The Balaban J connectivity index is 1.95. The van der Waals surface area contributed by atoms with Crippen molar-refractivity contribution in [3.8, 4) is 0 Å². The maximum Gasteiger partial charge on any atom is 0.142 e. The van der Waals surface area contributed by atoms with Crippen LogP contribution in [0.1, 0.15) is 19.3 Å². The van der Waals surface area contributed by atoms with Crippen LogP contribution in [0, 0.1) is 0 Å². The SMILES string of the molecule is Nc1cccc(NN2CCCCC2)n1. The van der Waals surface area contributed by atoms with Gasteiger partial charge in [-0.3, -0.25) is 0 Å². The summed E-state index contributed by atoms with van der Waals surface area (Å²) < 4.78 is 0. The quantitative estimate of drug-likeness (QED) is 0.745. The van der Waals surface area contributed by atoms with E-state index in [-0.39, 0.29) is 0 Å². The van der Waals surface area contributed by atoms with Crippen molar-refractivity contribution in [1.82, 2.24) is 9.99 Å². The van der Waals surface area contributed by atoms with Crippen LogP contribution in [0.15, 0.2) is 18.2 Å². The number of nitrogens with zero attached hydrogens (tertiary/aromatic N) is 2. The van der Waals surface area contributed by atoms with Gasteiger partial charge in [-0.2, -0.15) is 0 Å². The van der Waals surface area contributed by atoms with Gasteiger partial charge >= 0.3 is 0 Å². The Bertz CT molecular complexity index is 294. The number of hydrogen-bond acceptors (Lipinski definition) is 4. The number of aromatic nitrogens is 1. The number of hydrazine groups is 1. The van der Waals surface area contributed by atoms with E-state index in [2.05, 4.69) is 15.4 Å².